The maximum Gasteiger partial charge on any atom is 0.143 e. The molecule has 1 rings (SSSR count). The third kappa shape index (κ3) is 3.35. The van der Waals surface area contributed by atoms with Gasteiger partial charge in [0.05, 0.1) is 0 Å². The molecule has 0 spiro atoms. The maximum absolute atomic E-state index is 9.13. The van der Waals surface area contributed by atoms with E-state index in [4.69, 9.17) is 16.0 Å². The van der Waals surface area contributed by atoms with Gasteiger partial charge in [-0.25, -0.2) is 0 Å². The third-order valence-electron chi connectivity index (χ3n) is 3.20. The molecule has 0 bridgehead atoms. The molecule has 1 aliphatic carbocycles. The molecular weight excluding hydrogens is 194 g/mol. The number of rotatable bonds is 5. The molecule has 0 aliphatic heterocycles. The second-order valence-electron chi connectivity index (χ2n) is 4.31. The Hall–Kier alpha value is -0.810. The Labute approximate surface area is 90.3 Å². The number of amidine groups is 1. The summed E-state index contributed by atoms with van der Waals surface area (Å²) >= 11 is 0. The SMILES string of the molecule is CC(CNC1CCCC1CO)C(N)=NO. The molecule has 0 aromatic carbocycles. The van der Waals surface area contributed by atoms with Gasteiger partial charge in [-0.1, -0.05) is 18.5 Å². The molecule has 0 saturated heterocycles. The predicted molar refractivity (Wildman–Crippen MR) is 58.8 cm³/mol. The van der Waals surface area contributed by atoms with Crippen molar-refractivity contribution in [3.8, 4) is 0 Å². The van der Waals surface area contributed by atoms with Gasteiger partial charge in [0.2, 0.25) is 0 Å². The molecule has 1 saturated carbocycles. The van der Waals surface area contributed by atoms with Crippen molar-refractivity contribution < 1.29 is 10.3 Å². The Morgan fingerprint density at radius 1 is 1.60 bits per heavy atom. The first-order chi connectivity index (χ1) is 7.19. The predicted octanol–water partition coefficient (Wildman–Crippen LogP) is 0.120. The highest BCUT2D eigenvalue weighted by Gasteiger charge is 2.26. The van der Waals surface area contributed by atoms with Gasteiger partial charge in [0, 0.05) is 25.1 Å². The number of nitrogens with one attached hydrogen (secondary N) is 1. The van der Waals surface area contributed by atoms with Gasteiger partial charge in [0.25, 0.3) is 0 Å². The standard InChI is InChI=1S/C10H21N3O2/c1-7(10(11)13-15)5-12-9-4-2-3-8(9)6-14/h7-9,12,14-15H,2-6H2,1H3,(H2,11,13). The van der Waals surface area contributed by atoms with E-state index in [1.165, 1.54) is 6.42 Å². The van der Waals surface area contributed by atoms with E-state index in [1.807, 2.05) is 6.92 Å². The minimum atomic E-state index is 0.0231. The highest BCUT2D eigenvalue weighted by Crippen LogP contribution is 2.24. The van der Waals surface area contributed by atoms with Gasteiger partial charge in [-0.2, -0.15) is 0 Å². The Kier molecular flexibility index (Phi) is 4.84. The van der Waals surface area contributed by atoms with Crippen molar-refractivity contribution in [3.63, 3.8) is 0 Å². The van der Waals surface area contributed by atoms with E-state index in [1.54, 1.807) is 0 Å². The topological polar surface area (TPSA) is 90.9 Å². The number of nitrogens with zero attached hydrogens (tertiary/aromatic N) is 1. The molecule has 5 heteroatoms. The Morgan fingerprint density at radius 2 is 2.33 bits per heavy atom. The fourth-order valence-corrected chi connectivity index (χ4v) is 2.06. The van der Waals surface area contributed by atoms with Gasteiger partial charge in [0.15, 0.2) is 0 Å². The number of nitrogens with two attached hydrogens (primary N) is 1. The molecule has 3 unspecified atom stereocenters. The molecule has 1 aliphatic rings. The summed E-state index contributed by atoms with van der Waals surface area (Å²) in [6, 6.07) is 0.379. The molecule has 88 valence electrons. The lowest BCUT2D eigenvalue weighted by atomic mass is 10.0. The van der Waals surface area contributed by atoms with Gasteiger partial charge in [0.1, 0.15) is 5.84 Å². The van der Waals surface area contributed by atoms with E-state index in [2.05, 4.69) is 10.5 Å². The first kappa shape index (κ1) is 12.3. The second kappa shape index (κ2) is 5.92. The minimum Gasteiger partial charge on any atom is -0.409 e. The van der Waals surface area contributed by atoms with Crippen molar-refractivity contribution in [1.29, 1.82) is 0 Å². The number of oxime groups is 1. The van der Waals surface area contributed by atoms with E-state index in [0.717, 1.165) is 12.8 Å². The summed E-state index contributed by atoms with van der Waals surface area (Å²) in [6.07, 6.45) is 3.36. The van der Waals surface area contributed by atoms with Crippen LogP contribution in [0.4, 0.5) is 0 Å². The summed E-state index contributed by atoms with van der Waals surface area (Å²) in [7, 11) is 0. The Balaban J connectivity index is 2.30. The third-order valence-corrected chi connectivity index (χ3v) is 3.20. The summed E-state index contributed by atoms with van der Waals surface area (Å²) in [4.78, 5) is 0. The van der Waals surface area contributed by atoms with Crippen LogP contribution in [0.5, 0.6) is 0 Å². The van der Waals surface area contributed by atoms with Crippen LogP contribution < -0.4 is 11.1 Å². The fraction of sp³-hybridized carbons (Fsp3) is 0.900. The molecule has 0 amide bonds. The molecule has 0 radical (unpaired) electrons. The number of hydrogen-bond donors (Lipinski definition) is 4. The van der Waals surface area contributed by atoms with Crippen molar-refractivity contribution in [2.75, 3.05) is 13.2 Å². The first-order valence-corrected chi connectivity index (χ1v) is 5.50. The average molecular weight is 215 g/mol. The van der Waals surface area contributed by atoms with Crippen LogP contribution in [0.25, 0.3) is 0 Å². The van der Waals surface area contributed by atoms with Gasteiger partial charge in [-0.15, -0.1) is 0 Å². The highest BCUT2D eigenvalue weighted by atomic mass is 16.4. The molecular formula is C10H21N3O2. The van der Waals surface area contributed by atoms with E-state index < -0.39 is 0 Å². The zero-order valence-corrected chi connectivity index (χ0v) is 9.19. The maximum atomic E-state index is 9.13. The number of aliphatic hydroxyl groups excluding tert-OH is 1. The lowest BCUT2D eigenvalue weighted by molar-refractivity contribution is 0.204. The van der Waals surface area contributed by atoms with Crippen molar-refractivity contribution in [2.45, 2.75) is 32.2 Å². The lowest BCUT2D eigenvalue weighted by Gasteiger charge is -2.21. The van der Waals surface area contributed by atoms with Crippen LogP contribution in [-0.2, 0) is 0 Å². The van der Waals surface area contributed by atoms with E-state index >= 15 is 0 Å². The number of aliphatic hydroxyl groups is 1. The summed E-state index contributed by atoms with van der Waals surface area (Å²) in [5.74, 6) is 0.639. The quantitative estimate of drug-likeness (QED) is 0.227. The monoisotopic (exact) mass is 215 g/mol. The molecule has 0 aromatic heterocycles. The zero-order valence-electron chi connectivity index (χ0n) is 9.19. The summed E-state index contributed by atoms with van der Waals surface area (Å²) in [5, 5.41) is 24.0. The fourth-order valence-electron chi connectivity index (χ4n) is 2.06. The molecule has 1 fully saturated rings. The van der Waals surface area contributed by atoms with E-state index in [9.17, 15) is 0 Å². The largest absolute Gasteiger partial charge is 0.409 e. The van der Waals surface area contributed by atoms with Crippen LogP contribution in [0.3, 0.4) is 0 Å². The van der Waals surface area contributed by atoms with Crippen LogP contribution in [0.2, 0.25) is 0 Å². The average Bonchev–Trinajstić information content (AvgIpc) is 2.71. The van der Waals surface area contributed by atoms with Crippen LogP contribution in [-0.4, -0.2) is 35.3 Å². The minimum absolute atomic E-state index is 0.0231. The van der Waals surface area contributed by atoms with Gasteiger partial charge >= 0.3 is 0 Å². The summed E-state index contributed by atoms with van der Waals surface area (Å²) in [6.45, 7) is 2.84. The zero-order chi connectivity index (χ0) is 11.3. The van der Waals surface area contributed by atoms with Crippen molar-refractivity contribution >= 4 is 5.84 Å². The lowest BCUT2D eigenvalue weighted by Crippen LogP contribution is -2.39. The highest BCUT2D eigenvalue weighted by molar-refractivity contribution is 5.82. The van der Waals surface area contributed by atoms with Crippen LogP contribution in [0.1, 0.15) is 26.2 Å². The van der Waals surface area contributed by atoms with Gasteiger partial charge < -0.3 is 21.4 Å². The van der Waals surface area contributed by atoms with E-state index in [-0.39, 0.29) is 18.4 Å². The van der Waals surface area contributed by atoms with Gasteiger partial charge in [-0.05, 0) is 18.8 Å². The summed E-state index contributed by atoms with van der Waals surface area (Å²) < 4.78 is 0. The van der Waals surface area contributed by atoms with Crippen LogP contribution >= 0.6 is 0 Å². The van der Waals surface area contributed by atoms with E-state index in [0.29, 0.717) is 18.5 Å². The Bertz CT molecular complexity index is 221. The molecule has 0 heterocycles. The van der Waals surface area contributed by atoms with Gasteiger partial charge in [-0.3, -0.25) is 0 Å². The molecule has 5 N–H and O–H groups in total. The van der Waals surface area contributed by atoms with Crippen molar-refractivity contribution in [1.82, 2.24) is 5.32 Å². The van der Waals surface area contributed by atoms with Crippen molar-refractivity contribution in [2.24, 2.45) is 22.7 Å². The molecule has 5 nitrogen and oxygen atoms in total. The second-order valence-corrected chi connectivity index (χ2v) is 4.31. The van der Waals surface area contributed by atoms with Crippen LogP contribution in [0.15, 0.2) is 5.16 Å². The smallest absolute Gasteiger partial charge is 0.143 e. The number of hydrogen-bond acceptors (Lipinski definition) is 4. The molecule has 3 atom stereocenters. The first-order valence-electron chi connectivity index (χ1n) is 5.50. The molecule has 15 heavy (non-hydrogen) atoms. The van der Waals surface area contributed by atoms with Crippen LogP contribution in [0, 0.1) is 11.8 Å². The normalized spacial score (nSPS) is 29.3. The van der Waals surface area contributed by atoms with Crippen molar-refractivity contribution in [3.05, 3.63) is 0 Å². The summed E-state index contributed by atoms with van der Waals surface area (Å²) in [5.41, 5.74) is 5.48. The molecule has 0 aromatic rings. The Morgan fingerprint density at radius 3 is 2.93 bits per heavy atom.